The van der Waals surface area contributed by atoms with Gasteiger partial charge in [0.2, 0.25) is 0 Å². The van der Waals surface area contributed by atoms with Gasteiger partial charge in [-0.25, -0.2) is 5.10 Å². The maximum Gasteiger partial charge on any atom is 0.148 e. The number of aryl methyl sites for hydroxylation is 1. The van der Waals surface area contributed by atoms with Gasteiger partial charge in [-0.3, -0.25) is 4.98 Å². The highest BCUT2D eigenvalue weighted by Crippen LogP contribution is 2.48. The summed E-state index contributed by atoms with van der Waals surface area (Å²) in [6.07, 6.45) is 6.37. The topological polar surface area (TPSA) is 81.5 Å². The van der Waals surface area contributed by atoms with Crippen LogP contribution in [0.15, 0.2) is 90.0 Å². The molecule has 0 spiro atoms. The molecule has 47 heavy (non-hydrogen) atoms. The molecule has 7 rings (SSSR count). The molecule has 1 unspecified atom stereocenters. The average Bonchev–Trinajstić information content (AvgIpc) is 3.68. The van der Waals surface area contributed by atoms with E-state index < -0.39 is 0 Å². The van der Waals surface area contributed by atoms with Gasteiger partial charge in [0, 0.05) is 62.2 Å². The molecule has 0 amide bonds. The van der Waals surface area contributed by atoms with Crippen LogP contribution in [-0.2, 0) is 32.2 Å². The number of rotatable bonds is 12. The average molecular weight is 663 g/mol. The minimum Gasteiger partial charge on any atom is -0.493 e. The van der Waals surface area contributed by atoms with Crippen molar-refractivity contribution in [1.82, 2.24) is 30.2 Å². The molecule has 0 saturated carbocycles. The minimum atomic E-state index is -0.0715. The standard InChI is InChI=1S/C38H39ClN6OS/c1-25-20-31-34(46-19-7-10-30-16-13-28(23-40-30)27-8-5-4-6-9-27)18-17-32-36(31)37(47-25)33(21-38(2,3)22-35-41-43-44-42-35)45(32)24-26-11-14-29(39)15-12-26/h4-6,8-9,11-18,23,25H,7,10,19-22,24H2,1-3H3,(H,41,42,43,44). The molecule has 1 atom stereocenters. The summed E-state index contributed by atoms with van der Waals surface area (Å²) in [5, 5.41) is 17.3. The summed E-state index contributed by atoms with van der Waals surface area (Å²) in [4.78, 5) is 6.10. The number of thioether (sulfide) groups is 1. The van der Waals surface area contributed by atoms with E-state index in [4.69, 9.17) is 21.3 Å². The number of tetrazole rings is 1. The summed E-state index contributed by atoms with van der Waals surface area (Å²) >= 11 is 8.25. The molecule has 0 bridgehead atoms. The number of nitrogens with one attached hydrogen (secondary N) is 1. The van der Waals surface area contributed by atoms with Crippen molar-refractivity contribution in [3.8, 4) is 16.9 Å². The monoisotopic (exact) mass is 662 g/mol. The number of halogens is 1. The number of ether oxygens (including phenoxy) is 1. The molecule has 6 aromatic rings. The molecule has 4 heterocycles. The third-order valence-electron chi connectivity index (χ3n) is 8.87. The first-order chi connectivity index (χ1) is 22.8. The van der Waals surface area contributed by atoms with Gasteiger partial charge in [-0.1, -0.05) is 80.9 Å². The Labute approximate surface area is 285 Å². The number of aromatic amines is 1. The van der Waals surface area contributed by atoms with Crippen molar-refractivity contribution >= 4 is 34.3 Å². The molecule has 0 saturated heterocycles. The third kappa shape index (κ3) is 7.09. The molecule has 3 aromatic heterocycles. The number of nitrogens with zero attached hydrogens (tertiary/aromatic N) is 5. The van der Waals surface area contributed by atoms with Crippen molar-refractivity contribution in [3.63, 3.8) is 0 Å². The van der Waals surface area contributed by atoms with Gasteiger partial charge in [0.1, 0.15) is 11.6 Å². The smallest absolute Gasteiger partial charge is 0.148 e. The van der Waals surface area contributed by atoms with Crippen LogP contribution in [0.5, 0.6) is 5.75 Å². The lowest BCUT2D eigenvalue weighted by Gasteiger charge is -2.26. The zero-order valence-corrected chi connectivity index (χ0v) is 28.6. The van der Waals surface area contributed by atoms with E-state index in [1.165, 1.54) is 38.2 Å². The van der Waals surface area contributed by atoms with E-state index in [2.05, 4.69) is 107 Å². The number of pyridine rings is 1. The van der Waals surface area contributed by atoms with Crippen LogP contribution in [0, 0.1) is 5.41 Å². The van der Waals surface area contributed by atoms with Gasteiger partial charge in [-0.05, 0) is 83.0 Å². The predicted octanol–water partition coefficient (Wildman–Crippen LogP) is 8.78. The Bertz CT molecular complexity index is 1950. The summed E-state index contributed by atoms with van der Waals surface area (Å²) in [7, 11) is 0. The Hall–Kier alpha value is -4.14. The molecule has 1 N–H and O–H groups in total. The summed E-state index contributed by atoms with van der Waals surface area (Å²) < 4.78 is 9.06. The summed E-state index contributed by atoms with van der Waals surface area (Å²) in [5.74, 6) is 1.81. The molecule has 9 heteroatoms. The second-order valence-electron chi connectivity index (χ2n) is 13.3. The fourth-order valence-corrected chi connectivity index (χ4v) is 8.11. The van der Waals surface area contributed by atoms with Gasteiger partial charge >= 0.3 is 0 Å². The SMILES string of the molecule is CC1Cc2c(OCCCc3ccc(-c4ccccc4)cn3)ccc3c2c(c(CC(C)(C)Cc2nnn[nH]2)n3Cc2ccc(Cl)cc2)S1. The van der Waals surface area contributed by atoms with E-state index in [1.54, 1.807) is 0 Å². The van der Waals surface area contributed by atoms with Crippen LogP contribution in [-0.4, -0.2) is 42.0 Å². The van der Waals surface area contributed by atoms with Crippen LogP contribution in [0.25, 0.3) is 22.0 Å². The minimum absolute atomic E-state index is 0.0715. The second kappa shape index (κ2) is 13.5. The van der Waals surface area contributed by atoms with E-state index in [0.29, 0.717) is 11.9 Å². The fourth-order valence-electron chi connectivity index (χ4n) is 6.66. The van der Waals surface area contributed by atoms with E-state index in [-0.39, 0.29) is 5.41 Å². The molecule has 1 aliphatic heterocycles. The summed E-state index contributed by atoms with van der Waals surface area (Å²) in [5.41, 5.74) is 8.50. The van der Waals surface area contributed by atoms with E-state index in [9.17, 15) is 0 Å². The molecule has 1 aliphatic rings. The van der Waals surface area contributed by atoms with Crippen LogP contribution in [0.3, 0.4) is 0 Å². The predicted molar refractivity (Wildman–Crippen MR) is 190 cm³/mol. The first-order valence-electron chi connectivity index (χ1n) is 16.3. The van der Waals surface area contributed by atoms with Crippen molar-refractivity contribution in [2.24, 2.45) is 5.41 Å². The normalized spacial score (nSPS) is 14.5. The van der Waals surface area contributed by atoms with Crippen LogP contribution in [0.4, 0.5) is 0 Å². The van der Waals surface area contributed by atoms with Gasteiger partial charge in [0.25, 0.3) is 0 Å². The fraction of sp³-hybridized carbons (Fsp3) is 0.316. The number of H-pyrrole nitrogens is 1. The molecule has 0 aliphatic carbocycles. The maximum absolute atomic E-state index is 6.55. The lowest BCUT2D eigenvalue weighted by Crippen LogP contribution is -2.22. The summed E-state index contributed by atoms with van der Waals surface area (Å²) in [6.45, 7) is 8.33. The Morgan fingerprint density at radius 1 is 0.979 bits per heavy atom. The van der Waals surface area contributed by atoms with Crippen molar-refractivity contribution in [3.05, 3.63) is 118 Å². The molecule has 0 fully saturated rings. The van der Waals surface area contributed by atoms with Crippen LogP contribution in [0.2, 0.25) is 5.02 Å². The first kappa shape index (κ1) is 31.5. The second-order valence-corrected chi connectivity index (χ2v) is 15.2. The van der Waals surface area contributed by atoms with Crippen molar-refractivity contribution in [2.75, 3.05) is 6.61 Å². The molecule has 240 valence electrons. The van der Waals surface area contributed by atoms with Crippen LogP contribution >= 0.6 is 23.4 Å². The molecular formula is C38H39ClN6OS. The highest BCUT2D eigenvalue weighted by molar-refractivity contribution is 8.00. The number of benzene rings is 3. The van der Waals surface area contributed by atoms with Gasteiger partial charge in [-0.2, -0.15) is 0 Å². The van der Waals surface area contributed by atoms with Gasteiger partial charge < -0.3 is 9.30 Å². The Morgan fingerprint density at radius 3 is 2.55 bits per heavy atom. The largest absolute Gasteiger partial charge is 0.493 e. The van der Waals surface area contributed by atoms with Crippen molar-refractivity contribution < 1.29 is 4.74 Å². The van der Waals surface area contributed by atoms with Gasteiger partial charge in [-0.15, -0.1) is 16.9 Å². The Morgan fingerprint density at radius 2 is 1.81 bits per heavy atom. The molecular weight excluding hydrogens is 624 g/mol. The Kier molecular flexibility index (Phi) is 9.06. The van der Waals surface area contributed by atoms with Gasteiger partial charge in [0.05, 0.1) is 12.1 Å². The molecule has 7 nitrogen and oxygen atoms in total. The van der Waals surface area contributed by atoms with Crippen molar-refractivity contribution in [1.29, 1.82) is 0 Å². The quantitative estimate of drug-likeness (QED) is 0.132. The molecule has 3 aromatic carbocycles. The van der Waals surface area contributed by atoms with Crippen LogP contribution < -0.4 is 4.74 Å². The highest BCUT2D eigenvalue weighted by Gasteiger charge is 2.32. The lowest BCUT2D eigenvalue weighted by molar-refractivity contribution is 0.308. The van der Waals surface area contributed by atoms with E-state index in [1.807, 2.05) is 36.2 Å². The zero-order chi connectivity index (χ0) is 32.4. The summed E-state index contributed by atoms with van der Waals surface area (Å²) in [6, 6.07) is 27.3. The number of aromatic nitrogens is 6. The van der Waals surface area contributed by atoms with Gasteiger partial charge in [0.15, 0.2) is 0 Å². The number of hydrogen-bond acceptors (Lipinski definition) is 6. The number of hydrogen-bond donors (Lipinski definition) is 1. The Balaban J connectivity index is 1.15. The lowest BCUT2D eigenvalue weighted by atomic mass is 9.84. The first-order valence-corrected chi connectivity index (χ1v) is 17.5. The maximum atomic E-state index is 6.55. The van der Waals surface area contributed by atoms with Crippen LogP contribution in [0.1, 0.15) is 55.5 Å². The highest BCUT2D eigenvalue weighted by atomic mass is 35.5. The zero-order valence-electron chi connectivity index (χ0n) is 27.0. The molecule has 0 radical (unpaired) electrons. The van der Waals surface area contributed by atoms with E-state index >= 15 is 0 Å². The third-order valence-corrected chi connectivity index (χ3v) is 10.4. The van der Waals surface area contributed by atoms with Crippen molar-refractivity contribution in [2.45, 2.75) is 69.6 Å². The van der Waals surface area contributed by atoms with E-state index in [0.717, 1.165) is 66.5 Å².